The zero-order valence-corrected chi connectivity index (χ0v) is 11.9. The van der Waals surface area contributed by atoms with Crippen molar-refractivity contribution in [1.82, 2.24) is 4.72 Å². The van der Waals surface area contributed by atoms with Gasteiger partial charge in [0.15, 0.2) is 0 Å². The predicted molar refractivity (Wildman–Crippen MR) is 71.4 cm³/mol. The third-order valence-electron chi connectivity index (χ3n) is 3.43. The smallest absolute Gasteiger partial charge is 0.240 e. The second-order valence-corrected chi connectivity index (χ2v) is 6.74. The summed E-state index contributed by atoms with van der Waals surface area (Å²) in [4.78, 5) is 0.164. The Morgan fingerprint density at radius 2 is 2.11 bits per heavy atom. The minimum absolute atomic E-state index is 0.0275. The molecule has 2 N–H and O–H groups in total. The fourth-order valence-corrected chi connectivity index (χ4v) is 3.64. The molecule has 0 heterocycles. The van der Waals surface area contributed by atoms with Gasteiger partial charge >= 0.3 is 0 Å². The topological polar surface area (TPSA) is 75.6 Å². The van der Waals surface area contributed by atoms with Crippen LogP contribution in [0.25, 0.3) is 0 Å². The predicted octanol–water partition coefficient (Wildman–Crippen LogP) is 1.26. The van der Waals surface area contributed by atoms with Crippen LogP contribution in [0.15, 0.2) is 23.1 Å². The molecule has 0 amide bonds. The fourth-order valence-electron chi connectivity index (χ4n) is 2.33. The first-order chi connectivity index (χ1) is 8.96. The van der Waals surface area contributed by atoms with Gasteiger partial charge in [0.2, 0.25) is 10.0 Å². The van der Waals surface area contributed by atoms with Gasteiger partial charge < -0.3 is 9.84 Å². The molecule has 1 aromatic rings. The molecular formula is C13H19NO4S. The molecule has 0 bridgehead atoms. The number of methoxy groups -OCH3 is 1. The van der Waals surface area contributed by atoms with Crippen LogP contribution < -0.4 is 9.46 Å². The molecule has 1 aliphatic rings. The van der Waals surface area contributed by atoms with E-state index in [1.165, 1.54) is 19.2 Å². The van der Waals surface area contributed by atoms with E-state index in [0.29, 0.717) is 17.2 Å². The van der Waals surface area contributed by atoms with Gasteiger partial charge in [-0.1, -0.05) is 6.92 Å². The highest BCUT2D eigenvalue weighted by molar-refractivity contribution is 7.89. The molecule has 0 spiro atoms. The molecule has 106 valence electrons. The summed E-state index contributed by atoms with van der Waals surface area (Å²) < 4.78 is 32.1. The average Bonchev–Trinajstić information content (AvgIpc) is 2.35. The summed E-state index contributed by atoms with van der Waals surface area (Å²) in [6.07, 6.45) is 1.75. The van der Waals surface area contributed by atoms with Crippen LogP contribution >= 0.6 is 0 Å². The van der Waals surface area contributed by atoms with Gasteiger partial charge in [0.25, 0.3) is 0 Å². The molecule has 5 nitrogen and oxygen atoms in total. The van der Waals surface area contributed by atoms with Gasteiger partial charge in [-0.3, -0.25) is 0 Å². The Bertz CT molecular complexity index is 550. The summed E-state index contributed by atoms with van der Waals surface area (Å²) in [5.74, 6) is 1.07. The van der Waals surface area contributed by atoms with Crippen LogP contribution in [-0.2, 0) is 16.6 Å². The van der Waals surface area contributed by atoms with Crippen molar-refractivity contribution in [3.8, 4) is 5.75 Å². The lowest BCUT2D eigenvalue weighted by atomic mass is 9.83. The van der Waals surface area contributed by atoms with Crippen molar-refractivity contribution in [3.63, 3.8) is 0 Å². The number of nitrogens with one attached hydrogen (secondary N) is 1. The minimum atomic E-state index is -3.52. The normalized spacial score (nSPS) is 22.9. The van der Waals surface area contributed by atoms with Crippen molar-refractivity contribution in [3.05, 3.63) is 23.8 Å². The van der Waals surface area contributed by atoms with E-state index in [1.54, 1.807) is 6.07 Å². The van der Waals surface area contributed by atoms with Crippen LogP contribution in [-0.4, -0.2) is 26.7 Å². The molecule has 0 unspecified atom stereocenters. The summed E-state index contributed by atoms with van der Waals surface area (Å²) in [5.41, 5.74) is 0.465. The molecule has 0 atom stereocenters. The quantitative estimate of drug-likeness (QED) is 0.854. The first kappa shape index (κ1) is 14.3. The second kappa shape index (κ2) is 5.48. The van der Waals surface area contributed by atoms with Crippen molar-refractivity contribution in [1.29, 1.82) is 0 Å². The molecule has 0 saturated heterocycles. The Balaban J connectivity index is 2.20. The number of hydrogen-bond donors (Lipinski definition) is 2. The highest BCUT2D eigenvalue weighted by Crippen LogP contribution is 2.28. The maximum atomic E-state index is 12.2. The molecule has 1 fully saturated rings. The highest BCUT2D eigenvalue weighted by atomic mass is 32.2. The number of hydrogen-bond acceptors (Lipinski definition) is 4. The lowest BCUT2D eigenvalue weighted by molar-refractivity contribution is 0.270. The summed E-state index contributed by atoms with van der Waals surface area (Å²) >= 11 is 0. The molecule has 1 saturated carbocycles. The van der Waals surface area contributed by atoms with E-state index in [9.17, 15) is 13.5 Å². The van der Waals surface area contributed by atoms with E-state index in [4.69, 9.17) is 4.74 Å². The van der Waals surface area contributed by atoms with Crippen LogP contribution in [0.4, 0.5) is 0 Å². The molecular weight excluding hydrogens is 266 g/mol. The second-order valence-electron chi connectivity index (χ2n) is 5.03. The zero-order valence-electron chi connectivity index (χ0n) is 11.1. The van der Waals surface area contributed by atoms with Crippen LogP contribution in [0.2, 0.25) is 0 Å². The third-order valence-corrected chi connectivity index (χ3v) is 4.95. The zero-order chi connectivity index (χ0) is 14.0. The molecule has 19 heavy (non-hydrogen) atoms. The third kappa shape index (κ3) is 3.08. The Hall–Kier alpha value is -1.11. The van der Waals surface area contributed by atoms with Crippen LogP contribution in [0, 0.1) is 5.92 Å². The molecule has 6 heteroatoms. The minimum Gasteiger partial charge on any atom is -0.496 e. The number of aliphatic hydroxyl groups excluding tert-OH is 1. The number of aliphatic hydroxyl groups is 1. The Kier molecular flexibility index (Phi) is 4.13. The van der Waals surface area contributed by atoms with Crippen LogP contribution in [0.3, 0.4) is 0 Å². The van der Waals surface area contributed by atoms with Crippen LogP contribution in [0.1, 0.15) is 25.3 Å². The first-order valence-corrected chi connectivity index (χ1v) is 7.74. The number of sulfonamides is 1. The number of ether oxygens (including phenoxy) is 1. The molecule has 1 aromatic carbocycles. The van der Waals surface area contributed by atoms with Gasteiger partial charge in [0.1, 0.15) is 5.75 Å². The SMILES string of the molecule is COc1ccc(S(=O)(=O)NC2CC(C)C2)cc1CO. The van der Waals surface area contributed by atoms with E-state index in [-0.39, 0.29) is 17.5 Å². The van der Waals surface area contributed by atoms with Gasteiger partial charge in [0, 0.05) is 11.6 Å². The Morgan fingerprint density at radius 1 is 1.42 bits per heavy atom. The van der Waals surface area contributed by atoms with E-state index >= 15 is 0 Å². The highest BCUT2D eigenvalue weighted by Gasteiger charge is 2.30. The maximum absolute atomic E-state index is 12.2. The van der Waals surface area contributed by atoms with Crippen molar-refractivity contribution in [2.24, 2.45) is 5.92 Å². The van der Waals surface area contributed by atoms with Crippen LogP contribution in [0.5, 0.6) is 5.75 Å². The fraction of sp³-hybridized carbons (Fsp3) is 0.538. The summed E-state index contributed by atoms with van der Waals surface area (Å²) in [5, 5.41) is 9.22. The van der Waals surface area contributed by atoms with Gasteiger partial charge in [-0.2, -0.15) is 0 Å². The Morgan fingerprint density at radius 3 is 2.63 bits per heavy atom. The van der Waals surface area contributed by atoms with Crippen molar-refractivity contribution >= 4 is 10.0 Å². The summed E-state index contributed by atoms with van der Waals surface area (Å²) in [6.45, 7) is 1.84. The van der Waals surface area contributed by atoms with E-state index in [2.05, 4.69) is 11.6 Å². The number of benzene rings is 1. The lowest BCUT2D eigenvalue weighted by Crippen LogP contribution is -2.43. The molecule has 0 aromatic heterocycles. The van der Waals surface area contributed by atoms with E-state index in [0.717, 1.165) is 12.8 Å². The first-order valence-electron chi connectivity index (χ1n) is 6.26. The van der Waals surface area contributed by atoms with Crippen molar-refractivity contribution < 1.29 is 18.3 Å². The summed E-state index contributed by atoms with van der Waals surface area (Å²) in [7, 11) is -2.04. The lowest BCUT2D eigenvalue weighted by Gasteiger charge is -2.32. The molecule has 1 aliphatic carbocycles. The standard InChI is InChI=1S/C13H19NO4S/c1-9-5-11(6-9)14-19(16,17)12-3-4-13(18-2)10(7-12)8-15/h3-4,7,9,11,14-15H,5-6,8H2,1-2H3. The van der Waals surface area contributed by atoms with E-state index in [1.807, 2.05) is 0 Å². The molecule has 0 aliphatic heterocycles. The van der Waals surface area contributed by atoms with Gasteiger partial charge in [0.05, 0.1) is 18.6 Å². The summed E-state index contributed by atoms with van der Waals surface area (Å²) in [6, 6.07) is 4.52. The van der Waals surface area contributed by atoms with Gasteiger partial charge in [-0.15, -0.1) is 0 Å². The monoisotopic (exact) mass is 285 g/mol. The van der Waals surface area contributed by atoms with Gasteiger partial charge in [-0.05, 0) is 37.0 Å². The number of rotatable bonds is 5. The Labute approximate surface area is 113 Å². The average molecular weight is 285 g/mol. The molecule has 2 rings (SSSR count). The largest absolute Gasteiger partial charge is 0.496 e. The van der Waals surface area contributed by atoms with Crippen molar-refractivity contribution in [2.75, 3.05) is 7.11 Å². The maximum Gasteiger partial charge on any atom is 0.240 e. The molecule has 0 radical (unpaired) electrons. The van der Waals surface area contributed by atoms with Gasteiger partial charge in [-0.25, -0.2) is 13.1 Å². The van der Waals surface area contributed by atoms with Crippen molar-refractivity contribution in [2.45, 2.75) is 37.3 Å². The van der Waals surface area contributed by atoms with E-state index < -0.39 is 10.0 Å².